The van der Waals surface area contributed by atoms with Gasteiger partial charge in [0.2, 0.25) is 0 Å². The third-order valence-electron chi connectivity index (χ3n) is 7.72. The van der Waals surface area contributed by atoms with Crippen LogP contribution in [0.3, 0.4) is 0 Å². The number of carbonyl (C=O) groups is 1. The smallest absolute Gasteiger partial charge is 0.194 e. The van der Waals surface area contributed by atoms with Crippen LogP contribution in [0.25, 0.3) is 44.7 Å². The molecule has 8 heterocycles. The second-order valence-corrected chi connectivity index (χ2v) is 12.8. The minimum absolute atomic E-state index is 0.0575. The summed E-state index contributed by atoms with van der Waals surface area (Å²) in [5.41, 5.74) is 11.5. The summed E-state index contributed by atoms with van der Waals surface area (Å²) < 4.78 is 0. The topological polar surface area (TPSA) is 74.4 Å². The van der Waals surface area contributed by atoms with Gasteiger partial charge in [-0.15, -0.1) is 10.0 Å². The van der Waals surface area contributed by atoms with Crippen LogP contribution in [0.1, 0.15) is 44.4 Å². The molecule has 0 saturated carbocycles. The second kappa shape index (κ2) is 5.90. The molecule has 3 aromatic heterocycles. The molecule has 3 unspecified atom stereocenters. The maximum atomic E-state index is 13.3. The Hall–Kier alpha value is -4.16. The molecule has 1 saturated heterocycles. The predicted octanol–water partition coefficient (Wildman–Crippen LogP) is 6.51. The number of aromatic amines is 2. The van der Waals surface area contributed by atoms with Crippen molar-refractivity contribution in [3.63, 3.8) is 0 Å². The van der Waals surface area contributed by atoms with E-state index in [4.69, 9.17) is 9.97 Å². The Balaban J connectivity index is 1.36. The predicted molar refractivity (Wildman–Crippen MR) is 141 cm³/mol. The number of fused-ring (bicyclic) bond motifs is 14. The SMILES string of the molecule is O=C1C2c3ccccc3C3C4=C(c5cc6ccc(cc7ccc(cc8nc(cc4n5)C=C8)[nH]7)[nH]6)S123. The minimum atomic E-state index is -1.52. The first-order chi connectivity index (χ1) is 17.2. The Kier molecular flexibility index (Phi) is 3.07. The van der Waals surface area contributed by atoms with Gasteiger partial charge in [0, 0.05) is 32.5 Å². The number of nitrogens with one attached hydrogen (secondary N) is 2. The van der Waals surface area contributed by atoms with E-state index in [1.165, 1.54) is 21.6 Å². The lowest BCUT2D eigenvalue weighted by molar-refractivity contribution is -0.108. The van der Waals surface area contributed by atoms with E-state index < -0.39 is 10.0 Å². The van der Waals surface area contributed by atoms with Crippen molar-refractivity contribution >= 4 is 59.8 Å². The van der Waals surface area contributed by atoms with Crippen LogP contribution < -0.4 is 0 Å². The van der Waals surface area contributed by atoms with Crippen molar-refractivity contribution in [2.75, 3.05) is 0 Å². The Morgan fingerprint density at radius 2 is 1.29 bits per heavy atom. The lowest BCUT2D eigenvalue weighted by Crippen LogP contribution is -2.13. The molecule has 1 fully saturated rings. The average molecular weight is 471 g/mol. The summed E-state index contributed by atoms with van der Waals surface area (Å²) in [5, 5.41) is 0.668. The van der Waals surface area contributed by atoms with Crippen molar-refractivity contribution in [1.82, 2.24) is 19.9 Å². The average Bonchev–Trinajstić information content (AvgIpc) is 3.44. The first kappa shape index (κ1) is 18.2. The van der Waals surface area contributed by atoms with Crippen LogP contribution in [0.2, 0.25) is 0 Å². The molecule has 35 heavy (non-hydrogen) atoms. The number of carbonyl (C=O) groups excluding carboxylic acids is 1. The number of hydrogen-bond donors (Lipinski definition) is 2. The first-order valence-corrected chi connectivity index (χ1v) is 13.5. The summed E-state index contributed by atoms with van der Waals surface area (Å²) >= 11 is 0. The molecule has 4 aromatic rings. The quantitative estimate of drug-likeness (QED) is 0.253. The number of hydrogen-bond acceptors (Lipinski definition) is 3. The molecule has 6 heteroatoms. The summed E-state index contributed by atoms with van der Waals surface area (Å²) in [7, 11) is -1.52. The van der Waals surface area contributed by atoms with E-state index in [-0.39, 0.29) is 10.5 Å². The molecule has 1 spiro atoms. The van der Waals surface area contributed by atoms with Crippen molar-refractivity contribution in [2.24, 2.45) is 0 Å². The van der Waals surface area contributed by atoms with E-state index >= 15 is 0 Å². The first-order valence-electron chi connectivity index (χ1n) is 11.8. The number of H-pyrrole nitrogens is 2. The third-order valence-corrected chi connectivity index (χ3v) is 11.9. The summed E-state index contributed by atoms with van der Waals surface area (Å²) in [5.74, 6) is 0. The second-order valence-electron chi connectivity index (χ2n) is 9.65. The molecule has 3 atom stereocenters. The highest BCUT2D eigenvalue weighted by Gasteiger charge is 2.78. The van der Waals surface area contributed by atoms with E-state index in [0.717, 1.165) is 44.8 Å². The van der Waals surface area contributed by atoms with Crippen LogP contribution in [-0.4, -0.2) is 25.1 Å². The zero-order valence-electron chi connectivity index (χ0n) is 18.4. The van der Waals surface area contributed by atoms with Gasteiger partial charge in [0.15, 0.2) is 5.12 Å². The van der Waals surface area contributed by atoms with E-state index in [1.54, 1.807) is 0 Å². The van der Waals surface area contributed by atoms with Crippen molar-refractivity contribution in [2.45, 2.75) is 10.5 Å². The zero-order chi connectivity index (χ0) is 22.9. The monoisotopic (exact) mass is 470 g/mol. The molecule has 9 rings (SSSR count). The van der Waals surface area contributed by atoms with Gasteiger partial charge >= 0.3 is 0 Å². The highest BCUT2D eigenvalue weighted by molar-refractivity contribution is 8.62. The van der Waals surface area contributed by atoms with E-state index in [9.17, 15) is 4.79 Å². The summed E-state index contributed by atoms with van der Waals surface area (Å²) in [6.07, 6.45) is 4.07. The van der Waals surface area contributed by atoms with Gasteiger partial charge in [0.05, 0.1) is 33.3 Å². The van der Waals surface area contributed by atoms with Crippen LogP contribution in [0.5, 0.6) is 0 Å². The molecule has 1 aromatic carbocycles. The van der Waals surface area contributed by atoms with Crippen LogP contribution in [0.15, 0.2) is 72.8 Å². The molecule has 0 amide bonds. The fourth-order valence-corrected chi connectivity index (χ4v) is 11.1. The summed E-state index contributed by atoms with van der Waals surface area (Å²) in [6, 6.07) is 25.1. The zero-order valence-corrected chi connectivity index (χ0v) is 19.3. The fourth-order valence-electron chi connectivity index (χ4n) is 6.31. The summed E-state index contributed by atoms with van der Waals surface area (Å²) in [6.45, 7) is 0. The number of aromatic nitrogens is 4. The molecular formula is C29H18N4OS. The third kappa shape index (κ3) is 2.14. The molecule has 5 aliphatic rings. The van der Waals surface area contributed by atoms with E-state index in [1.807, 2.05) is 12.2 Å². The fraction of sp³-hybridized carbons (Fsp3) is 0.0690. The standard InChI is InChI=1S/C29H18N4OS/c34-29-27-22-4-2-1-3-21(22)26-25-23-13-19-9-7-17(31-19)11-15-5-6-16(30-15)12-18-8-10-20(32-18)14-24(33-23)28(25)35(26,27)29/h1-14,26-27,30,32H. The lowest BCUT2D eigenvalue weighted by Gasteiger charge is -2.39. The molecule has 166 valence electrons. The Morgan fingerprint density at radius 3 is 2.03 bits per heavy atom. The van der Waals surface area contributed by atoms with Gasteiger partial charge < -0.3 is 9.97 Å². The Labute approximate surface area is 201 Å². The minimum Gasteiger partial charge on any atom is -0.355 e. The van der Waals surface area contributed by atoms with E-state index in [2.05, 4.69) is 82.8 Å². The van der Waals surface area contributed by atoms with Crippen molar-refractivity contribution < 1.29 is 4.79 Å². The molecule has 8 bridgehead atoms. The number of nitrogens with zero attached hydrogens (tertiary/aromatic N) is 2. The van der Waals surface area contributed by atoms with Crippen molar-refractivity contribution in [3.8, 4) is 0 Å². The molecule has 0 radical (unpaired) electrons. The van der Waals surface area contributed by atoms with Crippen LogP contribution in [0.4, 0.5) is 0 Å². The van der Waals surface area contributed by atoms with Gasteiger partial charge in [0.25, 0.3) is 0 Å². The van der Waals surface area contributed by atoms with Crippen molar-refractivity contribution in [3.05, 3.63) is 107 Å². The van der Waals surface area contributed by atoms with Gasteiger partial charge in [-0.05, 0) is 71.8 Å². The molecule has 0 aliphatic carbocycles. The van der Waals surface area contributed by atoms with Crippen LogP contribution >= 0.6 is 10.0 Å². The number of benzene rings is 1. The van der Waals surface area contributed by atoms with E-state index in [0.29, 0.717) is 5.12 Å². The Bertz CT molecular complexity index is 1910. The largest absolute Gasteiger partial charge is 0.355 e. The van der Waals surface area contributed by atoms with Gasteiger partial charge in [-0.3, -0.25) is 4.79 Å². The van der Waals surface area contributed by atoms with Gasteiger partial charge in [-0.2, -0.15) is 0 Å². The maximum absolute atomic E-state index is 13.3. The van der Waals surface area contributed by atoms with Gasteiger partial charge in [0.1, 0.15) is 0 Å². The van der Waals surface area contributed by atoms with Gasteiger partial charge in [-0.1, -0.05) is 24.3 Å². The van der Waals surface area contributed by atoms with Crippen LogP contribution in [-0.2, 0) is 4.79 Å². The molecule has 5 nitrogen and oxygen atoms in total. The van der Waals surface area contributed by atoms with Crippen LogP contribution in [0, 0.1) is 0 Å². The maximum Gasteiger partial charge on any atom is 0.194 e. The van der Waals surface area contributed by atoms with Gasteiger partial charge in [-0.25, -0.2) is 9.97 Å². The normalized spacial score (nSPS) is 26.3. The number of rotatable bonds is 0. The highest BCUT2D eigenvalue weighted by Crippen LogP contribution is 3.02. The molecule has 2 N–H and O–H groups in total. The summed E-state index contributed by atoms with van der Waals surface area (Å²) in [4.78, 5) is 31.4. The molecule has 5 aliphatic heterocycles. The van der Waals surface area contributed by atoms with Crippen molar-refractivity contribution in [1.29, 1.82) is 0 Å². The molecular weight excluding hydrogens is 452 g/mol. The lowest BCUT2D eigenvalue weighted by atomic mass is 9.95. The highest BCUT2D eigenvalue weighted by atomic mass is 32.3. The Morgan fingerprint density at radius 1 is 0.657 bits per heavy atom.